The van der Waals surface area contributed by atoms with Crippen LogP contribution in [-0.2, 0) is 14.3 Å². The zero-order valence-electron chi connectivity index (χ0n) is 14.7. The van der Waals surface area contributed by atoms with Crippen LogP contribution in [0.2, 0.25) is 0 Å². The molecule has 2 aromatic carbocycles. The summed E-state index contributed by atoms with van der Waals surface area (Å²) in [6.07, 6.45) is 0.213. The standard InChI is InChI=1S/C21H20N2O3/c1-13(12-22)11-18(21(25)26-2)23-20(24)19-16-9-5-3-7-14(16)15-8-4-6-10-17(15)19/h3-10,13,18-19H,11H2,1-2H3,(H,23,24)/t13-,18+/m1/s1. The molecule has 0 fully saturated rings. The summed E-state index contributed by atoms with van der Waals surface area (Å²) in [6.45, 7) is 1.71. The number of esters is 1. The molecule has 1 aliphatic rings. The van der Waals surface area contributed by atoms with E-state index in [1.54, 1.807) is 6.92 Å². The van der Waals surface area contributed by atoms with Gasteiger partial charge >= 0.3 is 5.97 Å². The summed E-state index contributed by atoms with van der Waals surface area (Å²) in [7, 11) is 1.28. The smallest absolute Gasteiger partial charge is 0.328 e. The second-order valence-corrected chi connectivity index (χ2v) is 6.46. The van der Waals surface area contributed by atoms with Crippen LogP contribution >= 0.6 is 0 Å². The van der Waals surface area contributed by atoms with Gasteiger partial charge in [0.15, 0.2) is 0 Å². The maximum Gasteiger partial charge on any atom is 0.328 e. The van der Waals surface area contributed by atoms with Crippen LogP contribution in [0.5, 0.6) is 0 Å². The monoisotopic (exact) mass is 348 g/mol. The third kappa shape index (κ3) is 3.18. The average Bonchev–Trinajstić information content (AvgIpc) is 3.01. The van der Waals surface area contributed by atoms with Gasteiger partial charge in [-0.1, -0.05) is 48.5 Å². The molecule has 26 heavy (non-hydrogen) atoms. The fraction of sp³-hybridized carbons (Fsp3) is 0.286. The van der Waals surface area contributed by atoms with E-state index in [1.165, 1.54) is 7.11 Å². The molecule has 0 aromatic heterocycles. The highest BCUT2D eigenvalue weighted by molar-refractivity contribution is 5.97. The molecule has 3 rings (SSSR count). The Morgan fingerprint density at radius 1 is 1.12 bits per heavy atom. The van der Waals surface area contributed by atoms with Crippen molar-refractivity contribution < 1.29 is 14.3 Å². The molecule has 0 radical (unpaired) electrons. The third-order valence-corrected chi connectivity index (χ3v) is 4.71. The van der Waals surface area contributed by atoms with E-state index in [4.69, 9.17) is 10.00 Å². The van der Waals surface area contributed by atoms with Crippen LogP contribution in [0.15, 0.2) is 48.5 Å². The molecule has 1 aliphatic carbocycles. The molecule has 5 heteroatoms. The quantitative estimate of drug-likeness (QED) is 0.843. The Labute approximate surface area is 152 Å². The maximum atomic E-state index is 13.1. The molecule has 2 atom stereocenters. The van der Waals surface area contributed by atoms with Crippen LogP contribution in [0, 0.1) is 17.2 Å². The topological polar surface area (TPSA) is 79.2 Å². The van der Waals surface area contributed by atoms with Crippen LogP contribution in [0.3, 0.4) is 0 Å². The summed E-state index contributed by atoms with van der Waals surface area (Å²) in [5.41, 5.74) is 3.90. The Balaban J connectivity index is 1.92. The Bertz CT molecular complexity index is 839. The van der Waals surface area contributed by atoms with Gasteiger partial charge in [0.25, 0.3) is 0 Å². The van der Waals surface area contributed by atoms with Gasteiger partial charge < -0.3 is 10.1 Å². The molecule has 132 valence electrons. The molecule has 0 aliphatic heterocycles. The average molecular weight is 348 g/mol. The Hall–Kier alpha value is -3.13. The molecular weight excluding hydrogens is 328 g/mol. The van der Waals surface area contributed by atoms with Crippen molar-refractivity contribution in [3.8, 4) is 17.2 Å². The minimum Gasteiger partial charge on any atom is -0.467 e. The number of benzene rings is 2. The Kier molecular flexibility index (Phi) is 5.04. The van der Waals surface area contributed by atoms with E-state index in [9.17, 15) is 9.59 Å². The largest absolute Gasteiger partial charge is 0.467 e. The van der Waals surface area contributed by atoms with Crippen LogP contribution in [0.25, 0.3) is 11.1 Å². The number of ether oxygens (including phenoxy) is 1. The van der Waals surface area contributed by atoms with Crippen LogP contribution < -0.4 is 5.32 Å². The summed E-state index contributed by atoms with van der Waals surface area (Å²) in [6, 6.07) is 16.8. The molecule has 5 nitrogen and oxygen atoms in total. The van der Waals surface area contributed by atoms with Crippen LogP contribution in [0.1, 0.15) is 30.4 Å². The molecule has 0 unspecified atom stereocenters. The van der Waals surface area contributed by atoms with Gasteiger partial charge in [-0.3, -0.25) is 4.79 Å². The van der Waals surface area contributed by atoms with E-state index in [1.807, 2.05) is 48.5 Å². The number of nitrogens with one attached hydrogen (secondary N) is 1. The number of rotatable bonds is 5. The number of nitriles is 1. The lowest BCUT2D eigenvalue weighted by molar-refractivity contribution is -0.145. The van der Waals surface area contributed by atoms with Crippen molar-refractivity contribution >= 4 is 11.9 Å². The molecule has 0 saturated heterocycles. The number of nitrogens with zero attached hydrogens (tertiary/aromatic N) is 1. The van der Waals surface area contributed by atoms with Crippen molar-refractivity contribution in [1.82, 2.24) is 5.32 Å². The number of fused-ring (bicyclic) bond motifs is 3. The lowest BCUT2D eigenvalue weighted by atomic mass is 9.95. The van der Waals surface area contributed by atoms with Gasteiger partial charge in [-0.2, -0.15) is 5.26 Å². The fourth-order valence-corrected chi connectivity index (χ4v) is 3.46. The number of methoxy groups -OCH3 is 1. The number of carbonyl (C=O) groups is 2. The first-order valence-electron chi connectivity index (χ1n) is 8.52. The summed E-state index contributed by atoms with van der Waals surface area (Å²) >= 11 is 0. The van der Waals surface area contributed by atoms with E-state index < -0.39 is 17.9 Å². The van der Waals surface area contributed by atoms with Crippen molar-refractivity contribution in [1.29, 1.82) is 5.26 Å². The first kappa shape index (κ1) is 17.7. The van der Waals surface area contributed by atoms with Crippen LogP contribution in [0.4, 0.5) is 0 Å². The van der Waals surface area contributed by atoms with Crippen molar-refractivity contribution in [2.75, 3.05) is 7.11 Å². The molecular formula is C21H20N2O3. The summed E-state index contributed by atoms with van der Waals surface area (Å²) in [4.78, 5) is 25.1. The molecule has 2 aromatic rings. The molecule has 0 saturated carbocycles. The number of amides is 1. The number of hydrogen-bond donors (Lipinski definition) is 1. The first-order valence-corrected chi connectivity index (χ1v) is 8.52. The molecule has 0 bridgehead atoms. The minimum absolute atomic E-state index is 0.213. The van der Waals surface area contributed by atoms with Gasteiger partial charge in [-0.05, 0) is 35.6 Å². The molecule has 0 spiro atoms. The van der Waals surface area contributed by atoms with Gasteiger partial charge in [0.2, 0.25) is 5.91 Å². The van der Waals surface area contributed by atoms with E-state index in [-0.39, 0.29) is 18.2 Å². The highest BCUT2D eigenvalue weighted by atomic mass is 16.5. The maximum absolute atomic E-state index is 13.1. The number of hydrogen-bond acceptors (Lipinski definition) is 4. The Morgan fingerprint density at radius 3 is 2.15 bits per heavy atom. The van der Waals surface area contributed by atoms with Crippen molar-refractivity contribution in [2.24, 2.45) is 5.92 Å². The van der Waals surface area contributed by atoms with Gasteiger partial charge in [0, 0.05) is 5.92 Å². The second-order valence-electron chi connectivity index (χ2n) is 6.46. The van der Waals surface area contributed by atoms with Crippen molar-refractivity contribution in [2.45, 2.75) is 25.3 Å². The van der Waals surface area contributed by atoms with Gasteiger partial charge in [-0.25, -0.2) is 4.79 Å². The predicted octanol–water partition coefficient (Wildman–Crippen LogP) is 3.01. The predicted molar refractivity (Wildman–Crippen MR) is 97.1 cm³/mol. The van der Waals surface area contributed by atoms with E-state index in [0.29, 0.717) is 0 Å². The van der Waals surface area contributed by atoms with E-state index in [0.717, 1.165) is 22.3 Å². The van der Waals surface area contributed by atoms with Crippen LogP contribution in [-0.4, -0.2) is 25.0 Å². The molecule has 1 amide bonds. The normalized spacial score (nSPS) is 14.5. The fourth-order valence-electron chi connectivity index (χ4n) is 3.46. The summed E-state index contributed by atoms with van der Waals surface area (Å²) in [5, 5.41) is 11.8. The van der Waals surface area contributed by atoms with Crippen molar-refractivity contribution in [3.05, 3.63) is 59.7 Å². The zero-order chi connectivity index (χ0) is 18.7. The Morgan fingerprint density at radius 2 is 1.65 bits per heavy atom. The van der Waals surface area contributed by atoms with Gasteiger partial charge in [0.1, 0.15) is 6.04 Å². The minimum atomic E-state index is -0.845. The number of carbonyl (C=O) groups excluding carboxylic acids is 2. The van der Waals surface area contributed by atoms with Crippen molar-refractivity contribution in [3.63, 3.8) is 0 Å². The SMILES string of the molecule is COC(=O)[C@H](C[C@@H](C)C#N)NC(=O)C1c2ccccc2-c2ccccc21. The summed E-state index contributed by atoms with van der Waals surface area (Å²) < 4.78 is 4.80. The highest BCUT2D eigenvalue weighted by Gasteiger charge is 2.35. The molecule has 1 N–H and O–H groups in total. The lowest BCUT2D eigenvalue weighted by Gasteiger charge is -2.21. The molecule has 0 heterocycles. The van der Waals surface area contributed by atoms with E-state index >= 15 is 0 Å². The van der Waals surface area contributed by atoms with Gasteiger partial charge in [-0.15, -0.1) is 0 Å². The highest BCUT2D eigenvalue weighted by Crippen LogP contribution is 2.44. The second kappa shape index (κ2) is 7.40. The zero-order valence-corrected chi connectivity index (χ0v) is 14.7. The van der Waals surface area contributed by atoms with E-state index in [2.05, 4.69) is 11.4 Å². The summed E-state index contributed by atoms with van der Waals surface area (Å²) in [5.74, 6) is -1.66. The van der Waals surface area contributed by atoms with Gasteiger partial charge in [0.05, 0.1) is 19.1 Å². The lowest BCUT2D eigenvalue weighted by Crippen LogP contribution is -2.44. The first-order chi connectivity index (χ1) is 12.6. The third-order valence-electron chi connectivity index (χ3n) is 4.71.